The molecule has 1 amide bonds. The van der Waals surface area contributed by atoms with Gasteiger partial charge in [-0.25, -0.2) is 18.6 Å². The molecule has 3 aromatic carbocycles. The van der Waals surface area contributed by atoms with Crippen LogP contribution in [0, 0.1) is 0 Å². The van der Waals surface area contributed by atoms with E-state index in [1.54, 1.807) is 54.6 Å². The number of para-hydroxylation sites is 1. The van der Waals surface area contributed by atoms with Gasteiger partial charge in [0.1, 0.15) is 6.54 Å². The normalized spacial score (nSPS) is 11.1. The van der Waals surface area contributed by atoms with Gasteiger partial charge in [-0.3, -0.25) is 9.10 Å². The molecule has 1 N–H and O–H groups in total. The first-order valence-corrected chi connectivity index (χ1v) is 12.0. The van der Waals surface area contributed by atoms with E-state index in [1.165, 1.54) is 45.7 Å². The monoisotopic (exact) mass is 511 g/mol. The Morgan fingerprint density at radius 2 is 1.58 bits per heavy atom. The van der Waals surface area contributed by atoms with Gasteiger partial charge in [0.05, 0.1) is 43.7 Å². The second kappa shape index (κ2) is 11.8. The molecule has 0 saturated heterocycles. The van der Waals surface area contributed by atoms with Gasteiger partial charge < -0.3 is 14.2 Å². The second-order valence-electron chi connectivity index (χ2n) is 7.27. The predicted octanol–water partition coefficient (Wildman–Crippen LogP) is 2.84. The van der Waals surface area contributed by atoms with Crippen LogP contribution in [0.1, 0.15) is 15.9 Å². The number of sulfonamides is 1. The van der Waals surface area contributed by atoms with Crippen molar-refractivity contribution in [2.24, 2.45) is 5.10 Å². The van der Waals surface area contributed by atoms with Gasteiger partial charge in [0.2, 0.25) is 0 Å². The lowest BCUT2D eigenvalue weighted by Gasteiger charge is -2.24. The fourth-order valence-corrected chi connectivity index (χ4v) is 4.62. The summed E-state index contributed by atoms with van der Waals surface area (Å²) in [5.74, 6) is -0.526. The maximum atomic E-state index is 13.5. The number of hydrogen-bond acceptors (Lipinski definition) is 8. The van der Waals surface area contributed by atoms with Crippen LogP contribution in [0.25, 0.3) is 0 Å². The minimum absolute atomic E-state index is 0.0778. The summed E-state index contributed by atoms with van der Waals surface area (Å²) in [5.41, 5.74) is 3.61. The number of nitrogens with one attached hydrogen (secondary N) is 1. The summed E-state index contributed by atoms with van der Waals surface area (Å²) in [5, 5.41) is 3.89. The lowest BCUT2D eigenvalue weighted by molar-refractivity contribution is -0.119. The van der Waals surface area contributed by atoms with Crippen LogP contribution in [-0.4, -0.2) is 54.4 Å². The molecule has 11 heteroatoms. The van der Waals surface area contributed by atoms with Crippen LogP contribution < -0.4 is 19.2 Å². The zero-order valence-corrected chi connectivity index (χ0v) is 20.7. The van der Waals surface area contributed by atoms with E-state index in [9.17, 15) is 18.0 Å². The average molecular weight is 512 g/mol. The van der Waals surface area contributed by atoms with Crippen molar-refractivity contribution in [2.75, 3.05) is 32.2 Å². The van der Waals surface area contributed by atoms with Crippen molar-refractivity contribution < 1.29 is 32.2 Å². The number of methoxy groups -OCH3 is 3. The summed E-state index contributed by atoms with van der Waals surface area (Å²) < 4.78 is 43.1. The molecule has 0 spiro atoms. The fraction of sp³-hybridized carbons (Fsp3) is 0.160. The van der Waals surface area contributed by atoms with Gasteiger partial charge in [0.15, 0.2) is 11.5 Å². The zero-order chi connectivity index (χ0) is 26.1. The molecule has 0 aliphatic rings. The molecular weight excluding hydrogens is 486 g/mol. The largest absolute Gasteiger partial charge is 0.493 e. The lowest BCUT2D eigenvalue weighted by atomic mass is 10.1. The first-order valence-electron chi connectivity index (χ1n) is 10.6. The number of esters is 1. The van der Waals surface area contributed by atoms with Crippen LogP contribution in [0.15, 0.2) is 82.8 Å². The second-order valence-corrected chi connectivity index (χ2v) is 9.13. The van der Waals surface area contributed by atoms with E-state index in [0.29, 0.717) is 22.6 Å². The van der Waals surface area contributed by atoms with Gasteiger partial charge in [0.25, 0.3) is 15.9 Å². The number of carbonyl (C=O) groups is 2. The van der Waals surface area contributed by atoms with Crippen molar-refractivity contribution in [3.05, 3.63) is 83.9 Å². The topological polar surface area (TPSA) is 124 Å². The molecule has 0 saturated carbocycles. The van der Waals surface area contributed by atoms with Crippen molar-refractivity contribution in [2.45, 2.75) is 4.90 Å². The van der Waals surface area contributed by atoms with Crippen molar-refractivity contribution in [3.8, 4) is 11.5 Å². The van der Waals surface area contributed by atoms with E-state index in [1.807, 2.05) is 0 Å². The lowest BCUT2D eigenvalue weighted by Crippen LogP contribution is -2.39. The summed E-state index contributed by atoms with van der Waals surface area (Å²) in [7, 11) is -0.0236. The molecule has 188 valence electrons. The Morgan fingerprint density at radius 3 is 2.19 bits per heavy atom. The third kappa shape index (κ3) is 6.19. The highest BCUT2D eigenvalue weighted by Gasteiger charge is 2.28. The van der Waals surface area contributed by atoms with Crippen LogP contribution in [-0.2, 0) is 19.6 Å². The van der Waals surface area contributed by atoms with Crippen molar-refractivity contribution in [3.63, 3.8) is 0 Å². The molecule has 10 nitrogen and oxygen atoms in total. The van der Waals surface area contributed by atoms with Gasteiger partial charge in [-0.15, -0.1) is 0 Å². The molecule has 0 aliphatic heterocycles. The number of hydrazone groups is 1. The SMILES string of the molecule is COC(=O)c1ccc(/C=N\NC(=O)CN(c2ccccc2)S(=O)(=O)c2ccc(OC)c(OC)c2)cc1. The van der Waals surface area contributed by atoms with Gasteiger partial charge in [-0.1, -0.05) is 30.3 Å². The van der Waals surface area contributed by atoms with Crippen LogP contribution >= 0.6 is 0 Å². The number of hydrogen-bond donors (Lipinski definition) is 1. The highest BCUT2D eigenvalue weighted by molar-refractivity contribution is 7.92. The number of rotatable bonds is 10. The van der Waals surface area contributed by atoms with Gasteiger partial charge in [-0.2, -0.15) is 5.10 Å². The summed E-state index contributed by atoms with van der Waals surface area (Å²) >= 11 is 0. The van der Waals surface area contributed by atoms with Crippen LogP contribution in [0.3, 0.4) is 0 Å². The molecule has 0 unspecified atom stereocenters. The number of carbonyl (C=O) groups excluding carboxylic acids is 2. The number of anilines is 1. The minimum atomic E-state index is -4.16. The minimum Gasteiger partial charge on any atom is -0.493 e. The maximum Gasteiger partial charge on any atom is 0.337 e. The third-order valence-electron chi connectivity index (χ3n) is 5.01. The van der Waals surface area contributed by atoms with Crippen molar-refractivity contribution >= 4 is 33.8 Å². The number of amides is 1. The molecule has 36 heavy (non-hydrogen) atoms. The first kappa shape index (κ1) is 26.2. The molecule has 0 aromatic heterocycles. The van der Waals surface area contributed by atoms with E-state index in [0.717, 1.165) is 4.31 Å². The molecule has 0 radical (unpaired) electrons. The van der Waals surface area contributed by atoms with Crippen LogP contribution in [0.4, 0.5) is 5.69 Å². The molecule has 3 rings (SSSR count). The summed E-state index contributed by atoms with van der Waals surface area (Å²) in [6.07, 6.45) is 1.37. The molecule has 0 fully saturated rings. The highest BCUT2D eigenvalue weighted by Crippen LogP contribution is 2.32. The highest BCUT2D eigenvalue weighted by atomic mass is 32.2. The Morgan fingerprint density at radius 1 is 0.917 bits per heavy atom. The number of benzene rings is 3. The molecular formula is C25H25N3O7S. The van der Waals surface area contributed by atoms with Gasteiger partial charge in [0, 0.05) is 6.07 Å². The number of nitrogens with zero attached hydrogens (tertiary/aromatic N) is 2. The van der Waals surface area contributed by atoms with Crippen LogP contribution in [0.5, 0.6) is 11.5 Å². The Kier molecular flexibility index (Phi) is 8.63. The smallest absolute Gasteiger partial charge is 0.337 e. The standard InChI is InChI=1S/C25H25N3O7S/c1-33-22-14-13-21(15-23(22)34-2)36(31,32)28(20-7-5-4-6-8-20)17-24(29)27-26-16-18-9-11-19(12-10-18)25(30)35-3/h4-16H,17H2,1-3H3,(H,27,29)/b26-16-. The van der Waals surface area contributed by atoms with E-state index in [-0.39, 0.29) is 10.6 Å². The third-order valence-corrected chi connectivity index (χ3v) is 6.78. The molecule has 3 aromatic rings. The zero-order valence-electron chi connectivity index (χ0n) is 19.9. The van der Waals surface area contributed by atoms with Crippen LogP contribution in [0.2, 0.25) is 0 Å². The average Bonchev–Trinajstić information content (AvgIpc) is 2.91. The Balaban J connectivity index is 1.80. The van der Waals surface area contributed by atoms with Crippen molar-refractivity contribution in [1.29, 1.82) is 0 Å². The molecule has 0 aliphatic carbocycles. The Labute approximate surface area is 209 Å². The quantitative estimate of drug-likeness (QED) is 0.252. The molecule has 0 bridgehead atoms. The van der Waals surface area contributed by atoms with Gasteiger partial charge >= 0.3 is 5.97 Å². The molecule has 0 heterocycles. The van der Waals surface area contributed by atoms with Gasteiger partial charge in [-0.05, 0) is 42.0 Å². The number of ether oxygens (including phenoxy) is 3. The summed E-state index contributed by atoms with van der Waals surface area (Å²) in [6.45, 7) is -0.528. The van der Waals surface area contributed by atoms with E-state index in [4.69, 9.17) is 9.47 Å². The maximum absolute atomic E-state index is 13.5. The fourth-order valence-electron chi connectivity index (χ4n) is 3.18. The summed E-state index contributed by atoms with van der Waals surface area (Å²) in [4.78, 5) is 24.1. The Hall–Kier alpha value is -4.38. The van der Waals surface area contributed by atoms with Crippen molar-refractivity contribution in [1.82, 2.24) is 5.43 Å². The van der Waals surface area contributed by atoms with E-state index in [2.05, 4.69) is 15.3 Å². The summed E-state index contributed by atoms with van der Waals surface area (Å²) in [6, 6.07) is 18.8. The predicted molar refractivity (Wildman–Crippen MR) is 134 cm³/mol. The van der Waals surface area contributed by atoms with E-state index < -0.39 is 28.4 Å². The van der Waals surface area contributed by atoms with E-state index >= 15 is 0 Å². The first-order chi connectivity index (χ1) is 17.3. The molecule has 0 atom stereocenters. The Bertz CT molecular complexity index is 1340.